The van der Waals surface area contributed by atoms with Crippen molar-refractivity contribution in [1.29, 1.82) is 0 Å². The van der Waals surface area contributed by atoms with Crippen molar-refractivity contribution < 1.29 is 0 Å². The minimum atomic E-state index is -0.000229. The second-order valence-corrected chi connectivity index (χ2v) is 3.03. The van der Waals surface area contributed by atoms with Crippen LogP contribution in [0.5, 0.6) is 0 Å². The molecule has 0 saturated heterocycles. The fraction of sp³-hybridized carbons (Fsp3) is 0.556. The van der Waals surface area contributed by atoms with Gasteiger partial charge < -0.3 is 5.32 Å². The quantitative estimate of drug-likeness (QED) is 0.724. The minimum Gasteiger partial charge on any atom is -0.313 e. The third kappa shape index (κ3) is 2.99. The maximum absolute atomic E-state index is 11.3. The Hall–Kier alpha value is -1.16. The van der Waals surface area contributed by atoms with E-state index in [1.54, 1.807) is 10.9 Å². The van der Waals surface area contributed by atoms with Gasteiger partial charge in [0.1, 0.15) is 0 Å². The number of nitrogens with one attached hydrogen (secondary N) is 1. The zero-order chi connectivity index (χ0) is 9.68. The number of hydrogen-bond donors (Lipinski definition) is 1. The predicted octanol–water partition coefficient (Wildman–Crippen LogP) is 0.241. The van der Waals surface area contributed by atoms with E-state index in [2.05, 4.69) is 10.3 Å². The molecule has 1 aromatic heterocycles. The van der Waals surface area contributed by atoms with Crippen LogP contribution in [0.25, 0.3) is 0 Å². The van der Waals surface area contributed by atoms with E-state index in [1.165, 1.54) is 12.3 Å². The van der Waals surface area contributed by atoms with Gasteiger partial charge in [-0.25, -0.2) is 4.98 Å². The lowest BCUT2D eigenvalue weighted by Crippen LogP contribution is -2.33. The first-order valence-electron chi connectivity index (χ1n) is 4.48. The molecule has 1 aromatic rings. The molecule has 0 amide bonds. The van der Waals surface area contributed by atoms with E-state index in [9.17, 15) is 4.79 Å². The van der Waals surface area contributed by atoms with Crippen LogP contribution in [0.1, 0.15) is 13.8 Å². The average Bonchev–Trinajstić information content (AvgIpc) is 2.09. The summed E-state index contributed by atoms with van der Waals surface area (Å²) in [6.07, 6.45) is 3.08. The highest BCUT2D eigenvalue weighted by atomic mass is 16.1. The molecule has 0 radical (unpaired) electrons. The van der Waals surface area contributed by atoms with E-state index < -0.39 is 0 Å². The van der Waals surface area contributed by atoms with Gasteiger partial charge in [-0.05, 0) is 13.5 Å². The van der Waals surface area contributed by atoms with Crippen molar-refractivity contribution in [2.24, 2.45) is 0 Å². The molecule has 0 spiro atoms. The topological polar surface area (TPSA) is 46.9 Å². The van der Waals surface area contributed by atoms with Crippen LogP contribution in [0, 0.1) is 0 Å². The molecule has 1 rings (SSSR count). The third-order valence-electron chi connectivity index (χ3n) is 1.82. The number of aromatic nitrogens is 2. The Labute approximate surface area is 77.6 Å². The highest BCUT2D eigenvalue weighted by Crippen LogP contribution is 1.85. The minimum absolute atomic E-state index is 0.000229. The molecule has 0 saturated carbocycles. The second kappa shape index (κ2) is 4.77. The monoisotopic (exact) mass is 181 g/mol. The van der Waals surface area contributed by atoms with Crippen LogP contribution in [0.2, 0.25) is 0 Å². The zero-order valence-corrected chi connectivity index (χ0v) is 8.03. The van der Waals surface area contributed by atoms with Crippen LogP contribution in [-0.4, -0.2) is 22.1 Å². The largest absolute Gasteiger partial charge is 0.313 e. The van der Waals surface area contributed by atoms with Crippen molar-refractivity contribution in [3.8, 4) is 0 Å². The number of rotatable bonds is 4. The van der Waals surface area contributed by atoms with Crippen molar-refractivity contribution in [2.75, 3.05) is 6.54 Å². The summed E-state index contributed by atoms with van der Waals surface area (Å²) in [7, 11) is 0. The van der Waals surface area contributed by atoms with E-state index in [-0.39, 0.29) is 5.56 Å². The molecule has 0 aliphatic carbocycles. The van der Waals surface area contributed by atoms with E-state index in [4.69, 9.17) is 0 Å². The van der Waals surface area contributed by atoms with Gasteiger partial charge in [0.25, 0.3) is 5.56 Å². The normalized spacial score (nSPS) is 12.8. The molecule has 1 atom stereocenters. The molecule has 1 heterocycles. The third-order valence-corrected chi connectivity index (χ3v) is 1.82. The highest BCUT2D eigenvalue weighted by molar-refractivity contribution is 4.82. The first-order chi connectivity index (χ1) is 6.24. The average molecular weight is 181 g/mol. The van der Waals surface area contributed by atoms with Crippen LogP contribution in [0.4, 0.5) is 0 Å². The standard InChI is InChI=1S/C9H15N3O/c1-3-11-8(2)6-12-7-10-5-4-9(12)13/h4-5,7-8,11H,3,6H2,1-2H3. The van der Waals surface area contributed by atoms with Gasteiger partial charge in [-0.3, -0.25) is 9.36 Å². The van der Waals surface area contributed by atoms with Gasteiger partial charge in [0, 0.05) is 24.8 Å². The van der Waals surface area contributed by atoms with Gasteiger partial charge in [-0.15, -0.1) is 0 Å². The lowest BCUT2D eigenvalue weighted by atomic mass is 10.3. The smallest absolute Gasteiger partial charge is 0.253 e. The van der Waals surface area contributed by atoms with Crippen molar-refractivity contribution in [3.63, 3.8) is 0 Å². The van der Waals surface area contributed by atoms with Crippen LogP contribution >= 0.6 is 0 Å². The number of nitrogens with zero attached hydrogens (tertiary/aromatic N) is 2. The number of hydrogen-bond acceptors (Lipinski definition) is 3. The molecule has 0 aliphatic rings. The van der Waals surface area contributed by atoms with E-state index >= 15 is 0 Å². The Kier molecular flexibility index (Phi) is 3.64. The first kappa shape index (κ1) is 9.92. The summed E-state index contributed by atoms with van der Waals surface area (Å²) in [5, 5.41) is 3.23. The molecule has 4 heteroatoms. The Morgan fingerprint density at radius 3 is 3.08 bits per heavy atom. The second-order valence-electron chi connectivity index (χ2n) is 3.03. The van der Waals surface area contributed by atoms with Crippen molar-refractivity contribution in [3.05, 3.63) is 28.9 Å². The molecule has 13 heavy (non-hydrogen) atoms. The van der Waals surface area contributed by atoms with Gasteiger partial charge in [-0.1, -0.05) is 6.92 Å². The summed E-state index contributed by atoms with van der Waals surface area (Å²) >= 11 is 0. The van der Waals surface area contributed by atoms with Crippen LogP contribution in [0.3, 0.4) is 0 Å². The molecule has 1 unspecified atom stereocenters. The predicted molar refractivity (Wildman–Crippen MR) is 51.6 cm³/mol. The molecule has 0 fully saturated rings. The fourth-order valence-corrected chi connectivity index (χ4v) is 1.22. The van der Waals surface area contributed by atoms with Crippen LogP contribution in [-0.2, 0) is 6.54 Å². The molecule has 4 nitrogen and oxygen atoms in total. The molecule has 0 aromatic carbocycles. The van der Waals surface area contributed by atoms with Gasteiger partial charge >= 0.3 is 0 Å². The van der Waals surface area contributed by atoms with Crippen molar-refractivity contribution in [1.82, 2.24) is 14.9 Å². The zero-order valence-electron chi connectivity index (χ0n) is 8.03. The van der Waals surface area contributed by atoms with Gasteiger partial charge in [0.05, 0.1) is 6.33 Å². The summed E-state index contributed by atoms with van der Waals surface area (Å²) in [5.74, 6) is 0. The Bertz CT molecular complexity index is 308. The molecular formula is C9H15N3O. The molecule has 0 bridgehead atoms. The maximum Gasteiger partial charge on any atom is 0.253 e. The highest BCUT2D eigenvalue weighted by Gasteiger charge is 2.01. The van der Waals surface area contributed by atoms with Crippen molar-refractivity contribution in [2.45, 2.75) is 26.4 Å². The SMILES string of the molecule is CCNC(C)Cn1cnccc1=O. The molecule has 1 N–H and O–H groups in total. The Morgan fingerprint density at radius 1 is 1.69 bits per heavy atom. The maximum atomic E-state index is 11.3. The summed E-state index contributed by atoms with van der Waals surface area (Å²) in [4.78, 5) is 15.1. The Balaban J connectivity index is 2.63. The molecule has 0 aliphatic heterocycles. The van der Waals surface area contributed by atoms with E-state index in [0.717, 1.165) is 6.54 Å². The first-order valence-corrected chi connectivity index (χ1v) is 4.48. The summed E-state index contributed by atoms with van der Waals surface area (Å²) in [6.45, 7) is 5.67. The number of likely N-dealkylation sites (N-methyl/N-ethyl adjacent to an activating group) is 1. The fourth-order valence-electron chi connectivity index (χ4n) is 1.22. The summed E-state index contributed by atoms with van der Waals surface area (Å²) in [5.41, 5.74) is -0.000229. The van der Waals surface area contributed by atoms with Gasteiger partial charge in [0.15, 0.2) is 0 Å². The molecular weight excluding hydrogens is 166 g/mol. The lowest BCUT2D eigenvalue weighted by molar-refractivity contribution is 0.477. The van der Waals surface area contributed by atoms with Gasteiger partial charge in [0.2, 0.25) is 0 Å². The van der Waals surface area contributed by atoms with Crippen LogP contribution in [0.15, 0.2) is 23.4 Å². The summed E-state index contributed by atoms with van der Waals surface area (Å²) < 4.78 is 1.60. The Morgan fingerprint density at radius 2 is 2.46 bits per heavy atom. The van der Waals surface area contributed by atoms with Gasteiger partial charge in [-0.2, -0.15) is 0 Å². The van der Waals surface area contributed by atoms with Crippen LogP contribution < -0.4 is 10.9 Å². The van der Waals surface area contributed by atoms with Crippen molar-refractivity contribution >= 4 is 0 Å². The molecule has 72 valence electrons. The summed E-state index contributed by atoms with van der Waals surface area (Å²) in [6, 6.07) is 1.77. The van der Waals surface area contributed by atoms with E-state index in [0.29, 0.717) is 12.6 Å². The lowest BCUT2D eigenvalue weighted by Gasteiger charge is -2.12. The van der Waals surface area contributed by atoms with E-state index in [1.807, 2.05) is 13.8 Å².